The molecule has 0 bridgehead atoms. The van der Waals surface area contributed by atoms with Crippen molar-refractivity contribution in [2.75, 3.05) is 11.5 Å². The Kier molecular flexibility index (Phi) is 6.80. The third-order valence-corrected chi connectivity index (χ3v) is 2.38. The summed E-state index contributed by atoms with van der Waals surface area (Å²) in [7, 11) is 0. The van der Waals surface area contributed by atoms with Gasteiger partial charge >= 0.3 is 11.1 Å². The highest BCUT2D eigenvalue weighted by atomic mass is 35.5. The van der Waals surface area contributed by atoms with E-state index in [2.05, 4.69) is 32.7 Å². The van der Waals surface area contributed by atoms with Gasteiger partial charge in [0.2, 0.25) is 0 Å². The predicted octanol–water partition coefficient (Wildman–Crippen LogP) is 4.87. The summed E-state index contributed by atoms with van der Waals surface area (Å²) in [6, 6.07) is 11.0. The molecule has 0 heterocycles. The first-order chi connectivity index (χ1) is 10.9. The molecule has 0 saturated heterocycles. The number of ether oxygens (including phenoxy) is 2. The van der Waals surface area contributed by atoms with Gasteiger partial charge in [-0.05, 0) is 48.5 Å². The minimum Gasteiger partial charge on any atom is -0.420 e. The van der Waals surface area contributed by atoms with Gasteiger partial charge in [-0.25, -0.2) is 0 Å². The van der Waals surface area contributed by atoms with Crippen LogP contribution in [0.15, 0.2) is 48.5 Å². The molecule has 4 nitrogen and oxygen atoms in total. The number of rotatable bonds is 4. The molecule has 10 heteroatoms. The molecule has 0 amide bonds. The average Bonchev–Trinajstić information content (AvgIpc) is 2.42. The van der Waals surface area contributed by atoms with Gasteiger partial charge in [0, 0.05) is 34.6 Å². The normalized spacial score (nSPS) is 11.2. The van der Waals surface area contributed by atoms with Crippen LogP contribution in [-0.4, -0.2) is 11.1 Å². The Hall–Kier alpha value is -2.06. The molecular formula is C14H12Cl2F4N2O2. The summed E-state index contributed by atoms with van der Waals surface area (Å²) >= 11 is 9.04. The quantitative estimate of drug-likeness (QED) is 0.446. The number of anilines is 2. The van der Waals surface area contributed by atoms with E-state index in [1.165, 1.54) is 48.5 Å². The van der Waals surface area contributed by atoms with Crippen LogP contribution in [0.1, 0.15) is 0 Å². The summed E-state index contributed by atoms with van der Waals surface area (Å²) < 4.78 is 56.1. The van der Waals surface area contributed by atoms with E-state index in [4.69, 9.17) is 11.5 Å². The second kappa shape index (κ2) is 8.16. The summed E-state index contributed by atoms with van der Waals surface area (Å²) in [5.74, 6) is -0.0478. The molecule has 0 spiro atoms. The van der Waals surface area contributed by atoms with Crippen LogP contribution in [0.4, 0.5) is 28.9 Å². The van der Waals surface area contributed by atoms with Crippen molar-refractivity contribution in [2.24, 2.45) is 0 Å². The largest absolute Gasteiger partial charge is 0.487 e. The molecule has 0 saturated carbocycles. The second-order valence-corrected chi connectivity index (χ2v) is 5.11. The first kappa shape index (κ1) is 20.0. The maximum atomic E-state index is 12.0. The van der Waals surface area contributed by atoms with Crippen LogP contribution in [0.5, 0.6) is 11.5 Å². The fourth-order valence-corrected chi connectivity index (χ4v) is 1.52. The van der Waals surface area contributed by atoms with E-state index in [1.54, 1.807) is 0 Å². The van der Waals surface area contributed by atoms with Gasteiger partial charge in [0.05, 0.1) is 0 Å². The highest BCUT2D eigenvalue weighted by Crippen LogP contribution is 2.26. The van der Waals surface area contributed by atoms with Crippen LogP contribution in [0.2, 0.25) is 0 Å². The average molecular weight is 387 g/mol. The molecule has 132 valence electrons. The van der Waals surface area contributed by atoms with E-state index in [-0.39, 0.29) is 11.5 Å². The minimum absolute atomic E-state index is 0.0239. The number of nitrogens with two attached hydrogens (primary N) is 2. The Bertz CT molecular complexity index is 572. The highest BCUT2D eigenvalue weighted by molar-refractivity contribution is 6.21. The first-order valence-corrected chi connectivity index (χ1v) is 6.93. The van der Waals surface area contributed by atoms with Crippen LogP contribution in [0.25, 0.3) is 0 Å². The van der Waals surface area contributed by atoms with Crippen molar-refractivity contribution >= 4 is 34.6 Å². The van der Waals surface area contributed by atoms with E-state index in [9.17, 15) is 17.6 Å². The Balaban J connectivity index is 0.000000240. The summed E-state index contributed by atoms with van der Waals surface area (Å²) in [5, 5.41) is 0. The number of hydrogen-bond donors (Lipinski definition) is 2. The number of hydrogen-bond acceptors (Lipinski definition) is 4. The summed E-state index contributed by atoms with van der Waals surface area (Å²) in [4.78, 5) is 0. The van der Waals surface area contributed by atoms with Crippen molar-refractivity contribution in [2.45, 2.75) is 11.1 Å². The van der Waals surface area contributed by atoms with Crippen molar-refractivity contribution in [3.63, 3.8) is 0 Å². The Morgan fingerprint density at radius 1 is 0.625 bits per heavy atom. The topological polar surface area (TPSA) is 70.5 Å². The third-order valence-electron chi connectivity index (χ3n) is 2.23. The smallest absolute Gasteiger partial charge is 0.420 e. The molecule has 2 aromatic rings. The van der Waals surface area contributed by atoms with Crippen LogP contribution >= 0.6 is 23.2 Å². The van der Waals surface area contributed by atoms with Gasteiger partial charge in [-0.2, -0.15) is 0 Å². The number of benzene rings is 2. The Morgan fingerprint density at radius 3 is 1.08 bits per heavy atom. The van der Waals surface area contributed by atoms with Crippen molar-refractivity contribution in [1.29, 1.82) is 0 Å². The molecule has 0 aliphatic heterocycles. The molecule has 2 aromatic carbocycles. The van der Waals surface area contributed by atoms with Crippen molar-refractivity contribution in [1.82, 2.24) is 0 Å². The van der Waals surface area contributed by atoms with Gasteiger partial charge in [-0.3, -0.25) is 0 Å². The van der Waals surface area contributed by atoms with Crippen LogP contribution in [-0.2, 0) is 0 Å². The summed E-state index contributed by atoms with van der Waals surface area (Å²) in [6.07, 6.45) is 0. The molecule has 0 unspecified atom stereocenters. The second-order valence-electron chi connectivity index (χ2n) is 4.23. The van der Waals surface area contributed by atoms with E-state index in [1.807, 2.05) is 0 Å². The SMILES string of the molecule is Nc1ccc(OC(F)(F)Cl)cc1.Nc1ccc(OC(F)(F)Cl)cc1. The molecule has 4 N–H and O–H groups in total. The molecule has 2 rings (SSSR count). The lowest BCUT2D eigenvalue weighted by Crippen LogP contribution is -2.15. The maximum absolute atomic E-state index is 12.0. The zero-order valence-corrected chi connectivity index (χ0v) is 13.4. The van der Waals surface area contributed by atoms with E-state index < -0.39 is 11.1 Å². The van der Waals surface area contributed by atoms with Crippen LogP contribution in [0.3, 0.4) is 0 Å². The summed E-state index contributed by atoms with van der Waals surface area (Å²) in [6.45, 7) is 0. The molecule has 0 aromatic heterocycles. The van der Waals surface area contributed by atoms with Crippen LogP contribution < -0.4 is 20.9 Å². The van der Waals surface area contributed by atoms with E-state index in [0.29, 0.717) is 11.4 Å². The maximum Gasteiger partial charge on any atom is 0.487 e. The fourth-order valence-electron chi connectivity index (χ4n) is 1.34. The monoisotopic (exact) mass is 386 g/mol. The predicted molar refractivity (Wildman–Crippen MR) is 84.6 cm³/mol. The minimum atomic E-state index is -3.67. The standard InChI is InChI=1S/2C7H6ClF2NO/c2*8-7(9,10)12-6-3-1-5(11)2-4-6/h2*1-4H,11H2. The molecule has 0 fully saturated rings. The zero-order chi connectivity index (χ0) is 18.4. The molecule has 0 atom stereocenters. The number of nitrogen functional groups attached to an aromatic ring is 2. The van der Waals surface area contributed by atoms with Crippen molar-refractivity contribution in [3.05, 3.63) is 48.5 Å². The lowest BCUT2D eigenvalue weighted by Gasteiger charge is -2.09. The number of alkyl halides is 6. The zero-order valence-electron chi connectivity index (χ0n) is 11.9. The van der Waals surface area contributed by atoms with Gasteiger partial charge in [0.15, 0.2) is 0 Å². The highest BCUT2D eigenvalue weighted by Gasteiger charge is 2.27. The molecule has 0 radical (unpaired) electrons. The fraction of sp³-hybridized carbons (Fsp3) is 0.143. The Morgan fingerprint density at radius 2 is 0.875 bits per heavy atom. The van der Waals surface area contributed by atoms with Gasteiger partial charge in [-0.1, -0.05) is 0 Å². The molecular weight excluding hydrogens is 375 g/mol. The Labute approximate surface area is 144 Å². The van der Waals surface area contributed by atoms with Gasteiger partial charge in [-0.15, -0.1) is 17.6 Å². The first-order valence-electron chi connectivity index (χ1n) is 6.17. The van der Waals surface area contributed by atoms with Gasteiger partial charge < -0.3 is 20.9 Å². The molecule has 24 heavy (non-hydrogen) atoms. The van der Waals surface area contributed by atoms with Gasteiger partial charge in [0.25, 0.3) is 0 Å². The lowest BCUT2D eigenvalue weighted by atomic mass is 10.3. The summed E-state index contributed by atoms with van der Waals surface area (Å²) in [5.41, 5.74) is 4.23. The molecule has 0 aliphatic rings. The van der Waals surface area contributed by atoms with Crippen molar-refractivity contribution < 1.29 is 27.0 Å². The third kappa shape index (κ3) is 9.16. The van der Waals surface area contributed by atoms with E-state index >= 15 is 0 Å². The van der Waals surface area contributed by atoms with E-state index in [0.717, 1.165) is 0 Å². The molecule has 0 aliphatic carbocycles. The number of halogens is 6. The lowest BCUT2D eigenvalue weighted by molar-refractivity contribution is -0.0972. The van der Waals surface area contributed by atoms with Crippen LogP contribution in [0, 0.1) is 0 Å². The van der Waals surface area contributed by atoms with Gasteiger partial charge in [0.1, 0.15) is 11.5 Å². The van der Waals surface area contributed by atoms with Crippen molar-refractivity contribution in [3.8, 4) is 11.5 Å².